The van der Waals surface area contributed by atoms with E-state index in [0.29, 0.717) is 28.6 Å². The molecule has 0 spiro atoms. The maximum Gasteiger partial charge on any atom is 0.229 e. The van der Waals surface area contributed by atoms with Gasteiger partial charge in [0.25, 0.3) is 0 Å². The fourth-order valence-electron chi connectivity index (χ4n) is 4.26. The van der Waals surface area contributed by atoms with Gasteiger partial charge in [-0.3, -0.25) is 0 Å². The van der Waals surface area contributed by atoms with Crippen LogP contribution < -0.4 is 19.9 Å². The van der Waals surface area contributed by atoms with E-state index >= 15 is 0 Å². The fourth-order valence-corrected chi connectivity index (χ4v) is 4.26. The largest absolute Gasteiger partial charge is 0.493 e. The first-order valence-electron chi connectivity index (χ1n) is 10.7. The van der Waals surface area contributed by atoms with Crippen molar-refractivity contribution in [3.63, 3.8) is 0 Å². The molecule has 1 aliphatic rings. The summed E-state index contributed by atoms with van der Waals surface area (Å²) >= 11 is 0. The van der Waals surface area contributed by atoms with E-state index < -0.39 is 5.92 Å². The third-order valence-electron chi connectivity index (χ3n) is 5.84. The Morgan fingerprint density at radius 3 is 2.26 bits per heavy atom. The Bertz CT molecular complexity index is 1420. The van der Waals surface area contributed by atoms with E-state index in [-0.39, 0.29) is 5.88 Å². The van der Waals surface area contributed by atoms with Crippen LogP contribution in [0.15, 0.2) is 90.3 Å². The van der Waals surface area contributed by atoms with E-state index in [1.54, 1.807) is 18.9 Å². The highest BCUT2D eigenvalue weighted by atomic mass is 16.5. The molecule has 2 N–H and O–H groups in total. The van der Waals surface area contributed by atoms with Crippen molar-refractivity contribution >= 4 is 0 Å². The second kappa shape index (κ2) is 8.68. The lowest BCUT2D eigenvalue weighted by molar-refractivity contribution is 0.353. The second-order valence-corrected chi connectivity index (χ2v) is 7.72. The number of rotatable bonds is 5. The summed E-state index contributed by atoms with van der Waals surface area (Å²) in [5.74, 6) is 1.16. The van der Waals surface area contributed by atoms with Gasteiger partial charge in [0.2, 0.25) is 11.8 Å². The quantitative estimate of drug-likeness (QED) is 0.470. The number of allylic oxidation sites excluding steroid dienone is 1. The van der Waals surface area contributed by atoms with Gasteiger partial charge < -0.3 is 19.9 Å². The summed E-state index contributed by atoms with van der Waals surface area (Å²) < 4.78 is 18.7. The monoisotopic (exact) mass is 450 g/mol. The zero-order valence-corrected chi connectivity index (χ0v) is 18.7. The zero-order chi connectivity index (χ0) is 23.7. The molecule has 7 heteroatoms. The maximum atomic E-state index is 10.1. The Morgan fingerprint density at radius 2 is 1.62 bits per heavy atom. The maximum absolute atomic E-state index is 10.1. The summed E-state index contributed by atoms with van der Waals surface area (Å²) in [6.07, 6.45) is 0. The van der Waals surface area contributed by atoms with Gasteiger partial charge >= 0.3 is 0 Å². The van der Waals surface area contributed by atoms with Crippen molar-refractivity contribution in [3.05, 3.63) is 101 Å². The SMILES string of the molecule is COc1ccc(C2C(C#N)=C(N)Oc3c2c(-c2ccccc2)nn3-c2ccccc2)cc1OC. The average Bonchev–Trinajstić information content (AvgIpc) is 3.27. The molecule has 1 aromatic heterocycles. The summed E-state index contributed by atoms with van der Waals surface area (Å²) in [5.41, 5.74) is 10.6. The predicted molar refractivity (Wildman–Crippen MR) is 128 cm³/mol. The van der Waals surface area contributed by atoms with Crippen LogP contribution in [-0.2, 0) is 0 Å². The first-order valence-corrected chi connectivity index (χ1v) is 10.7. The molecule has 0 fully saturated rings. The van der Waals surface area contributed by atoms with Crippen molar-refractivity contribution in [2.45, 2.75) is 5.92 Å². The molecule has 0 saturated carbocycles. The number of aromatic nitrogens is 2. The number of benzene rings is 3. The number of fused-ring (bicyclic) bond motifs is 1. The number of para-hydroxylation sites is 1. The predicted octanol–water partition coefficient (Wildman–Crippen LogP) is 4.77. The molecule has 0 bridgehead atoms. The number of nitrogens with zero attached hydrogens (tertiary/aromatic N) is 3. The third-order valence-corrected chi connectivity index (χ3v) is 5.84. The molecule has 7 nitrogen and oxygen atoms in total. The van der Waals surface area contributed by atoms with Crippen LogP contribution in [0.4, 0.5) is 0 Å². The topological polar surface area (TPSA) is 95.3 Å². The highest BCUT2D eigenvalue weighted by Crippen LogP contribution is 2.48. The Morgan fingerprint density at radius 1 is 0.941 bits per heavy atom. The van der Waals surface area contributed by atoms with Gasteiger partial charge in [-0.05, 0) is 29.8 Å². The molecule has 0 saturated heterocycles. The van der Waals surface area contributed by atoms with Crippen molar-refractivity contribution in [1.82, 2.24) is 9.78 Å². The van der Waals surface area contributed by atoms with Gasteiger partial charge in [0.1, 0.15) is 17.3 Å². The van der Waals surface area contributed by atoms with Gasteiger partial charge in [-0.25, -0.2) is 0 Å². The Kier molecular flexibility index (Phi) is 5.40. The van der Waals surface area contributed by atoms with Gasteiger partial charge in [-0.15, -0.1) is 0 Å². The Balaban J connectivity index is 1.82. The first-order chi connectivity index (χ1) is 16.7. The van der Waals surface area contributed by atoms with Crippen LogP contribution in [0.2, 0.25) is 0 Å². The van der Waals surface area contributed by atoms with E-state index in [9.17, 15) is 5.26 Å². The average molecular weight is 450 g/mol. The van der Waals surface area contributed by atoms with Gasteiger partial charge in [0.05, 0.1) is 31.4 Å². The molecule has 1 unspecified atom stereocenters. The normalized spacial score (nSPS) is 14.7. The molecule has 1 aliphatic heterocycles. The summed E-state index contributed by atoms with van der Waals surface area (Å²) in [4.78, 5) is 0. The van der Waals surface area contributed by atoms with Crippen molar-refractivity contribution in [2.75, 3.05) is 14.2 Å². The lowest BCUT2D eigenvalue weighted by Crippen LogP contribution is -2.22. The number of hydrogen-bond donors (Lipinski definition) is 1. The minimum absolute atomic E-state index is 0.0477. The van der Waals surface area contributed by atoms with Crippen LogP contribution in [0.3, 0.4) is 0 Å². The number of ether oxygens (including phenoxy) is 3. The third kappa shape index (κ3) is 3.42. The number of hydrogen-bond acceptors (Lipinski definition) is 6. The molecule has 0 amide bonds. The molecule has 2 heterocycles. The number of methoxy groups -OCH3 is 2. The van der Waals surface area contributed by atoms with Crippen LogP contribution in [0.25, 0.3) is 16.9 Å². The van der Waals surface area contributed by atoms with Crippen LogP contribution in [-0.4, -0.2) is 24.0 Å². The van der Waals surface area contributed by atoms with E-state index in [4.69, 9.17) is 25.0 Å². The minimum Gasteiger partial charge on any atom is -0.493 e. The molecule has 168 valence electrons. The van der Waals surface area contributed by atoms with Crippen molar-refractivity contribution in [3.8, 4) is 40.4 Å². The van der Waals surface area contributed by atoms with E-state index in [2.05, 4.69) is 6.07 Å². The van der Waals surface area contributed by atoms with Gasteiger partial charge in [-0.2, -0.15) is 15.0 Å². The smallest absolute Gasteiger partial charge is 0.229 e. The summed E-state index contributed by atoms with van der Waals surface area (Å²) in [6, 6.07) is 27.3. The van der Waals surface area contributed by atoms with Gasteiger partial charge in [0, 0.05) is 5.56 Å². The molecule has 34 heavy (non-hydrogen) atoms. The molecular weight excluding hydrogens is 428 g/mol. The number of nitriles is 1. The zero-order valence-electron chi connectivity index (χ0n) is 18.7. The molecule has 0 radical (unpaired) electrons. The minimum atomic E-state index is -0.513. The van der Waals surface area contributed by atoms with Crippen LogP contribution >= 0.6 is 0 Å². The highest BCUT2D eigenvalue weighted by molar-refractivity contribution is 5.72. The number of nitrogens with two attached hydrogens (primary N) is 1. The first kappa shape index (κ1) is 21.2. The lowest BCUT2D eigenvalue weighted by atomic mass is 9.83. The van der Waals surface area contributed by atoms with Crippen molar-refractivity contribution in [2.24, 2.45) is 5.73 Å². The van der Waals surface area contributed by atoms with Crippen LogP contribution in [0.5, 0.6) is 17.4 Å². The van der Waals surface area contributed by atoms with Crippen LogP contribution in [0.1, 0.15) is 17.0 Å². The Hall–Kier alpha value is -4.70. The fraction of sp³-hybridized carbons (Fsp3) is 0.111. The van der Waals surface area contributed by atoms with Gasteiger partial charge in [0.15, 0.2) is 11.5 Å². The molecular formula is C27H22N4O3. The molecule has 5 rings (SSSR count). The molecule has 3 aromatic carbocycles. The molecule has 0 aliphatic carbocycles. The van der Waals surface area contributed by atoms with Crippen molar-refractivity contribution < 1.29 is 14.2 Å². The second-order valence-electron chi connectivity index (χ2n) is 7.72. The summed E-state index contributed by atoms with van der Waals surface area (Å²) in [6.45, 7) is 0. The molecule has 1 atom stereocenters. The standard InChI is InChI=1S/C27H22N4O3/c1-32-21-14-13-18(15-22(21)33-2)23-20(16-28)26(29)34-27-24(23)25(17-9-5-3-6-10-17)30-31(27)19-11-7-4-8-12-19/h3-15,23H,29H2,1-2H3. The van der Waals surface area contributed by atoms with Gasteiger partial charge in [-0.1, -0.05) is 54.6 Å². The Labute approximate surface area is 197 Å². The highest BCUT2D eigenvalue weighted by Gasteiger charge is 2.38. The van der Waals surface area contributed by atoms with Crippen LogP contribution in [0, 0.1) is 11.3 Å². The summed E-state index contributed by atoms with van der Waals surface area (Å²) in [5, 5.41) is 15.0. The summed E-state index contributed by atoms with van der Waals surface area (Å²) in [7, 11) is 3.16. The van der Waals surface area contributed by atoms with E-state index in [1.807, 2.05) is 78.9 Å². The van der Waals surface area contributed by atoms with Crippen molar-refractivity contribution in [1.29, 1.82) is 5.26 Å². The lowest BCUT2D eigenvalue weighted by Gasteiger charge is -2.25. The van der Waals surface area contributed by atoms with E-state index in [0.717, 1.165) is 22.4 Å². The van der Waals surface area contributed by atoms with E-state index in [1.165, 1.54) is 0 Å². The molecule has 4 aromatic rings.